The highest BCUT2D eigenvalue weighted by Gasteiger charge is 2.51. The van der Waals surface area contributed by atoms with Gasteiger partial charge in [0.05, 0.1) is 5.54 Å². The fraction of sp³-hybridized carbons (Fsp3) is 0.500. The number of rotatable bonds is 2. The monoisotopic (exact) mass is 245 g/mol. The normalized spacial score (nSPS) is 30.4. The molecule has 3 rings (SSSR count). The molecule has 0 bridgehead atoms. The van der Waals surface area contributed by atoms with Crippen LogP contribution in [-0.4, -0.2) is 35.7 Å². The number of nitrogens with one attached hydrogen (secondary N) is 1. The molecular formula is C14H17N2O2-. The molecule has 0 aliphatic carbocycles. The minimum atomic E-state index is -1.03. The van der Waals surface area contributed by atoms with E-state index in [1.807, 2.05) is 18.2 Å². The van der Waals surface area contributed by atoms with Crippen molar-refractivity contribution in [1.29, 1.82) is 0 Å². The number of amides is 1. The Hall–Kier alpha value is -1.55. The SMILES string of the molecule is O=C([O-])N1CC[C@H]2NCC[C@]21Cc1ccccc1. The van der Waals surface area contributed by atoms with E-state index in [0.29, 0.717) is 6.54 Å². The molecule has 2 heterocycles. The molecule has 2 aliphatic heterocycles. The zero-order chi connectivity index (χ0) is 12.6. The van der Waals surface area contributed by atoms with Crippen molar-refractivity contribution < 1.29 is 9.90 Å². The number of fused-ring (bicyclic) bond motifs is 1. The summed E-state index contributed by atoms with van der Waals surface area (Å²) in [5.41, 5.74) is 0.902. The summed E-state index contributed by atoms with van der Waals surface area (Å²) in [7, 11) is 0. The van der Waals surface area contributed by atoms with Crippen molar-refractivity contribution in [2.45, 2.75) is 30.8 Å². The van der Waals surface area contributed by atoms with E-state index < -0.39 is 6.09 Å². The van der Waals surface area contributed by atoms with Gasteiger partial charge in [-0.15, -0.1) is 0 Å². The van der Waals surface area contributed by atoms with Crippen molar-refractivity contribution in [3.63, 3.8) is 0 Å². The summed E-state index contributed by atoms with van der Waals surface area (Å²) in [6, 6.07) is 10.4. The lowest BCUT2D eigenvalue weighted by Gasteiger charge is -2.40. The van der Waals surface area contributed by atoms with E-state index in [0.717, 1.165) is 25.8 Å². The standard InChI is InChI=1S/C14H18N2O2/c17-13(18)16-9-6-12-14(16,7-8-15-12)10-11-4-2-1-3-5-11/h1-5,12,15H,6-10H2,(H,17,18)/p-1/t12-,14+/m1/s1. The van der Waals surface area contributed by atoms with Gasteiger partial charge in [-0.2, -0.15) is 0 Å². The van der Waals surface area contributed by atoms with Gasteiger partial charge in [0.1, 0.15) is 6.09 Å². The van der Waals surface area contributed by atoms with Gasteiger partial charge in [-0.25, -0.2) is 0 Å². The maximum Gasteiger partial charge on any atom is 0.137 e. The highest BCUT2D eigenvalue weighted by atomic mass is 16.4. The Morgan fingerprint density at radius 3 is 2.94 bits per heavy atom. The van der Waals surface area contributed by atoms with E-state index in [2.05, 4.69) is 17.4 Å². The molecule has 2 atom stereocenters. The van der Waals surface area contributed by atoms with Crippen molar-refractivity contribution in [3.05, 3.63) is 35.9 Å². The lowest BCUT2D eigenvalue weighted by Crippen LogP contribution is -2.56. The third kappa shape index (κ3) is 1.68. The number of nitrogens with zero attached hydrogens (tertiary/aromatic N) is 1. The molecule has 1 aromatic carbocycles. The van der Waals surface area contributed by atoms with Crippen LogP contribution in [0, 0.1) is 0 Å². The first-order valence-electron chi connectivity index (χ1n) is 6.48. The molecule has 0 saturated carbocycles. The zero-order valence-corrected chi connectivity index (χ0v) is 10.3. The Labute approximate surface area is 107 Å². The van der Waals surface area contributed by atoms with Crippen LogP contribution < -0.4 is 10.4 Å². The summed E-state index contributed by atoms with van der Waals surface area (Å²) >= 11 is 0. The Bertz CT molecular complexity index is 448. The molecule has 96 valence electrons. The van der Waals surface area contributed by atoms with Crippen LogP contribution in [-0.2, 0) is 6.42 Å². The Balaban J connectivity index is 1.91. The second kappa shape index (κ2) is 4.28. The molecule has 18 heavy (non-hydrogen) atoms. The van der Waals surface area contributed by atoms with Gasteiger partial charge in [0.15, 0.2) is 0 Å². The molecule has 4 heteroatoms. The number of carbonyl (C=O) groups excluding carboxylic acids is 1. The summed E-state index contributed by atoms with van der Waals surface area (Å²) in [6.07, 6.45) is 1.51. The van der Waals surface area contributed by atoms with Gasteiger partial charge in [0.2, 0.25) is 0 Å². The first kappa shape index (κ1) is 11.5. The number of carbonyl (C=O) groups is 1. The molecule has 0 aromatic heterocycles. The Kier molecular flexibility index (Phi) is 2.74. The molecule has 0 unspecified atom stereocenters. The summed E-state index contributed by atoms with van der Waals surface area (Å²) in [5, 5.41) is 14.8. The fourth-order valence-corrected chi connectivity index (χ4v) is 3.53. The number of hydrogen-bond acceptors (Lipinski definition) is 3. The van der Waals surface area contributed by atoms with Crippen LogP contribution in [0.3, 0.4) is 0 Å². The highest BCUT2D eigenvalue weighted by molar-refractivity contribution is 5.65. The topological polar surface area (TPSA) is 55.4 Å². The highest BCUT2D eigenvalue weighted by Crippen LogP contribution is 2.38. The van der Waals surface area contributed by atoms with Crippen molar-refractivity contribution in [3.8, 4) is 0 Å². The molecule has 0 radical (unpaired) electrons. The minimum Gasteiger partial charge on any atom is -0.530 e. The van der Waals surface area contributed by atoms with Crippen LogP contribution in [0.4, 0.5) is 4.79 Å². The van der Waals surface area contributed by atoms with E-state index in [9.17, 15) is 9.90 Å². The van der Waals surface area contributed by atoms with Crippen LogP contribution >= 0.6 is 0 Å². The maximum absolute atomic E-state index is 11.3. The van der Waals surface area contributed by atoms with Crippen LogP contribution in [0.1, 0.15) is 18.4 Å². The summed E-state index contributed by atoms with van der Waals surface area (Å²) in [5.74, 6) is 0. The number of hydrogen-bond donors (Lipinski definition) is 1. The lowest BCUT2D eigenvalue weighted by atomic mass is 9.84. The first-order valence-corrected chi connectivity index (χ1v) is 6.48. The molecule has 0 spiro atoms. The van der Waals surface area contributed by atoms with Crippen molar-refractivity contribution in [2.24, 2.45) is 0 Å². The number of likely N-dealkylation sites (tertiary alicyclic amines) is 1. The molecule has 4 nitrogen and oxygen atoms in total. The van der Waals surface area contributed by atoms with E-state index in [1.165, 1.54) is 5.56 Å². The van der Waals surface area contributed by atoms with Gasteiger partial charge in [0.25, 0.3) is 0 Å². The molecular weight excluding hydrogens is 228 g/mol. The van der Waals surface area contributed by atoms with Crippen LogP contribution in [0.25, 0.3) is 0 Å². The Morgan fingerprint density at radius 1 is 1.44 bits per heavy atom. The van der Waals surface area contributed by atoms with E-state index in [1.54, 1.807) is 4.90 Å². The summed E-state index contributed by atoms with van der Waals surface area (Å²) in [6.45, 7) is 1.48. The number of benzene rings is 1. The second-order valence-corrected chi connectivity index (χ2v) is 5.23. The van der Waals surface area contributed by atoms with Gasteiger partial charge in [0, 0.05) is 12.6 Å². The third-order valence-electron chi connectivity index (χ3n) is 4.35. The molecule has 2 saturated heterocycles. The van der Waals surface area contributed by atoms with Crippen LogP contribution in [0.2, 0.25) is 0 Å². The molecule has 1 N–H and O–H groups in total. The predicted octanol–water partition coefficient (Wildman–Crippen LogP) is 0.379. The fourth-order valence-electron chi connectivity index (χ4n) is 3.53. The lowest BCUT2D eigenvalue weighted by molar-refractivity contribution is -0.269. The zero-order valence-electron chi connectivity index (χ0n) is 10.3. The smallest absolute Gasteiger partial charge is 0.137 e. The van der Waals surface area contributed by atoms with Crippen molar-refractivity contribution in [2.75, 3.05) is 13.1 Å². The average Bonchev–Trinajstić information content (AvgIpc) is 2.87. The largest absolute Gasteiger partial charge is 0.530 e. The van der Waals surface area contributed by atoms with Crippen LogP contribution in [0.15, 0.2) is 30.3 Å². The van der Waals surface area contributed by atoms with Gasteiger partial charge in [-0.1, -0.05) is 30.3 Å². The molecule has 1 amide bonds. The quantitative estimate of drug-likeness (QED) is 0.819. The van der Waals surface area contributed by atoms with E-state index in [-0.39, 0.29) is 11.6 Å². The summed E-state index contributed by atoms with van der Waals surface area (Å²) in [4.78, 5) is 12.9. The molecule has 1 aromatic rings. The maximum atomic E-state index is 11.3. The van der Waals surface area contributed by atoms with E-state index in [4.69, 9.17) is 0 Å². The van der Waals surface area contributed by atoms with Crippen molar-refractivity contribution >= 4 is 6.09 Å². The first-order chi connectivity index (χ1) is 8.72. The van der Waals surface area contributed by atoms with Crippen molar-refractivity contribution in [1.82, 2.24) is 10.2 Å². The summed E-state index contributed by atoms with van der Waals surface area (Å²) < 4.78 is 0. The van der Waals surface area contributed by atoms with Gasteiger partial charge in [-0.3, -0.25) is 0 Å². The van der Waals surface area contributed by atoms with E-state index >= 15 is 0 Å². The van der Waals surface area contributed by atoms with Gasteiger partial charge < -0.3 is 20.1 Å². The Morgan fingerprint density at radius 2 is 2.22 bits per heavy atom. The van der Waals surface area contributed by atoms with Crippen LogP contribution in [0.5, 0.6) is 0 Å². The predicted molar refractivity (Wildman–Crippen MR) is 66.0 cm³/mol. The molecule has 2 aliphatic rings. The average molecular weight is 245 g/mol. The third-order valence-corrected chi connectivity index (χ3v) is 4.35. The minimum absolute atomic E-state index is 0.274. The number of carboxylic acid groups (broad SMARTS) is 1. The second-order valence-electron chi connectivity index (χ2n) is 5.23. The molecule has 2 fully saturated rings. The van der Waals surface area contributed by atoms with Gasteiger partial charge >= 0.3 is 0 Å². The van der Waals surface area contributed by atoms with Gasteiger partial charge in [-0.05, 0) is 31.4 Å².